The van der Waals surface area contributed by atoms with E-state index in [2.05, 4.69) is 17.2 Å². The molecule has 0 atom stereocenters. The van der Waals surface area contributed by atoms with Crippen LogP contribution in [0.5, 0.6) is 0 Å². The maximum Gasteiger partial charge on any atom is 0.157 e. The second-order valence-electron chi connectivity index (χ2n) is 5.41. The monoisotopic (exact) mass is 270 g/mol. The maximum absolute atomic E-state index is 5.46. The van der Waals surface area contributed by atoms with Gasteiger partial charge in [-0.25, -0.2) is 0 Å². The summed E-state index contributed by atoms with van der Waals surface area (Å²) in [7, 11) is 0. The summed E-state index contributed by atoms with van der Waals surface area (Å²) in [5.74, 6) is 1.22. The van der Waals surface area contributed by atoms with Gasteiger partial charge < -0.3 is 10.1 Å². The lowest BCUT2D eigenvalue weighted by atomic mass is 9.83. The first-order chi connectivity index (χ1) is 8.85. The largest absolute Gasteiger partial charge is 0.381 e. The number of rotatable bonds is 6. The third kappa shape index (κ3) is 4.16. The molecule has 1 aliphatic carbocycles. The van der Waals surface area contributed by atoms with Crippen molar-refractivity contribution in [2.45, 2.75) is 57.4 Å². The zero-order chi connectivity index (χ0) is 12.7. The average Bonchev–Trinajstić information content (AvgIpc) is 2.78. The highest BCUT2D eigenvalue weighted by Crippen LogP contribution is 2.36. The number of hydrogen-bond donors (Lipinski definition) is 1. The number of aliphatic imine (C=N–C) groups is 1. The van der Waals surface area contributed by atoms with E-state index in [1.165, 1.54) is 43.0 Å². The number of nitrogens with zero attached hydrogens (tertiary/aromatic N) is 1. The van der Waals surface area contributed by atoms with Crippen LogP contribution in [0, 0.1) is 0 Å². The van der Waals surface area contributed by atoms with E-state index in [-0.39, 0.29) is 0 Å². The van der Waals surface area contributed by atoms with Gasteiger partial charge in [0.25, 0.3) is 0 Å². The number of hydrogen-bond acceptors (Lipinski definition) is 3. The van der Waals surface area contributed by atoms with Crippen LogP contribution >= 0.6 is 11.8 Å². The van der Waals surface area contributed by atoms with Crippen molar-refractivity contribution < 1.29 is 4.74 Å². The second kappa shape index (κ2) is 7.39. The Morgan fingerprint density at radius 3 is 2.89 bits per heavy atom. The molecule has 1 spiro atoms. The molecule has 0 bridgehead atoms. The Morgan fingerprint density at radius 1 is 1.28 bits per heavy atom. The van der Waals surface area contributed by atoms with Gasteiger partial charge in [-0.05, 0) is 25.7 Å². The Labute approximate surface area is 115 Å². The Bertz CT molecular complexity index is 275. The predicted octanol–water partition coefficient (Wildman–Crippen LogP) is 3.20. The third-order valence-corrected chi connectivity index (χ3v) is 4.92. The van der Waals surface area contributed by atoms with Crippen LogP contribution in [0.15, 0.2) is 4.99 Å². The molecule has 0 amide bonds. The number of thioether (sulfide) groups is 1. The molecule has 0 aromatic carbocycles. The molecule has 2 fully saturated rings. The van der Waals surface area contributed by atoms with Gasteiger partial charge in [-0.2, -0.15) is 0 Å². The highest BCUT2D eigenvalue weighted by molar-refractivity contribution is 8.14. The molecule has 0 unspecified atom stereocenters. The van der Waals surface area contributed by atoms with Crippen LogP contribution in [0.3, 0.4) is 0 Å². The van der Waals surface area contributed by atoms with Crippen LogP contribution in [0.2, 0.25) is 0 Å². The second-order valence-corrected chi connectivity index (χ2v) is 6.37. The number of ether oxygens (including phenoxy) is 1. The van der Waals surface area contributed by atoms with Crippen molar-refractivity contribution >= 4 is 16.9 Å². The first kappa shape index (κ1) is 14.2. The van der Waals surface area contributed by atoms with Gasteiger partial charge in [-0.15, -0.1) is 0 Å². The molecule has 18 heavy (non-hydrogen) atoms. The van der Waals surface area contributed by atoms with Gasteiger partial charge in [0, 0.05) is 31.1 Å². The molecule has 1 saturated carbocycles. The zero-order valence-electron chi connectivity index (χ0n) is 11.5. The van der Waals surface area contributed by atoms with Crippen molar-refractivity contribution in [3.05, 3.63) is 0 Å². The van der Waals surface area contributed by atoms with Crippen molar-refractivity contribution in [3.8, 4) is 0 Å². The topological polar surface area (TPSA) is 33.6 Å². The number of amidine groups is 1. The van der Waals surface area contributed by atoms with Crippen molar-refractivity contribution in [1.82, 2.24) is 5.32 Å². The molecule has 0 aromatic rings. The summed E-state index contributed by atoms with van der Waals surface area (Å²) in [4.78, 5) is 4.66. The Hall–Kier alpha value is -0.220. The van der Waals surface area contributed by atoms with Gasteiger partial charge in [0.15, 0.2) is 5.17 Å². The van der Waals surface area contributed by atoms with E-state index in [0.29, 0.717) is 5.54 Å². The molecule has 104 valence electrons. The van der Waals surface area contributed by atoms with E-state index in [1.54, 1.807) is 0 Å². The fraction of sp³-hybridized carbons (Fsp3) is 0.929. The van der Waals surface area contributed by atoms with Crippen molar-refractivity contribution in [2.75, 3.05) is 25.5 Å². The Kier molecular flexibility index (Phi) is 5.83. The fourth-order valence-electron chi connectivity index (χ4n) is 2.68. The summed E-state index contributed by atoms with van der Waals surface area (Å²) in [6, 6.07) is 0. The SMILES string of the molecule is CCCOCCCN=C1NC2(CCCCC2)CS1. The number of nitrogens with one attached hydrogen (secondary N) is 1. The normalized spacial score (nSPS) is 24.6. The van der Waals surface area contributed by atoms with Crippen LogP contribution in [-0.4, -0.2) is 36.2 Å². The predicted molar refractivity (Wildman–Crippen MR) is 79.4 cm³/mol. The average molecular weight is 270 g/mol. The van der Waals surface area contributed by atoms with Crippen LogP contribution in [0.4, 0.5) is 0 Å². The molecule has 2 rings (SSSR count). The molecule has 4 heteroatoms. The van der Waals surface area contributed by atoms with Crippen LogP contribution in [0.1, 0.15) is 51.9 Å². The van der Waals surface area contributed by atoms with Gasteiger partial charge in [-0.3, -0.25) is 4.99 Å². The minimum absolute atomic E-state index is 0.389. The zero-order valence-corrected chi connectivity index (χ0v) is 12.4. The van der Waals surface area contributed by atoms with Gasteiger partial charge >= 0.3 is 0 Å². The molecule has 3 nitrogen and oxygen atoms in total. The molecule has 1 heterocycles. The lowest BCUT2D eigenvalue weighted by Gasteiger charge is -2.32. The van der Waals surface area contributed by atoms with E-state index in [9.17, 15) is 0 Å². The van der Waals surface area contributed by atoms with E-state index in [4.69, 9.17) is 4.74 Å². The van der Waals surface area contributed by atoms with Crippen molar-refractivity contribution in [1.29, 1.82) is 0 Å². The lowest BCUT2D eigenvalue weighted by molar-refractivity contribution is 0.134. The summed E-state index contributed by atoms with van der Waals surface area (Å²) in [5.41, 5.74) is 0.389. The molecule has 2 aliphatic rings. The van der Waals surface area contributed by atoms with Gasteiger partial charge in [0.2, 0.25) is 0 Å². The summed E-state index contributed by atoms with van der Waals surface area (Å²) >= 11 is 1.91. The van der Waals surface area contributed by atoms with Crippen LogP contribution in [0.25, 0.3) is 0 Å². The minimum atomic E-state index is 0.389. The highest BCUT2D eigenvalue weighted by atomic mass is 32.2. The van der Waals surface area contributed by atoms with Crippen molar-refractivity contribution in [3.63, 3.8) is 0 Å². The maximum atomic E-state index is 5.46. The fourth-order valence-corrected chi connectivity index (χ4v) is 3.93. The summed E-state index contributed by atoms with van der Waals surface area (Å²) in [5, 5.41) is 4.85. The Morgan fingerprint density at radius 2 is 2.11 bits per heavy atom. The first-order valence-electron chi connectivity index (χ1n) is 7.38. The minimum Gasteiger partial charge on any atom is -0.381 e. The molecule has 0 radical (unpaired) electrons. The smallest absolute Gasteiger partial charge is 0.157 e. The summed E-state index contributed by atoms with van der Waals surface area (Å²) in [6.07, 6.45) is 8.98. The van der Waals surface area contributed by atoms with Crippen LogP contribution in [-0.2, 0) is 4.74 Å². The van der Waals surface area contributed by atoms with Crippen molar-refractivity contribution in [2.24, 2.45) is 4.99 Å². The van der Waals surface area contributed by atoms with E-state index in [0.717, 1.165) is 32.6 Å². The standard InChI is InChI=1S/C14H26N2OS/c1-2-10-17-11-6-9-15-13-16-14(12-18-13)7-4-3-5-8-14/h2-12H2,1H3,(H,15,16). The van der Waals surface area contributed by atoms with Crippen LogP contribution < -0.4 is 5.32 Å². The quantitative estimate of drug-likeness (QED) is 0.753. The van der Waals surface area contributed by atoms with E-state index in [1.807, 2.05) is 11.8 Å². The third-order valence-electron chi connectivity index (χ3n) is 3.72. The summed E-state index contributed by atoms with van der Waals surface area (Å²) in [6.45, 7) is 4.77. The molecular weight excluding hydrogens is 244 g/mol. The molecule has 0 aromatic heterocycles. The van der Waals surface area contributed by atoms with Gasteiger partial charge in [0.05, 0.1) is 0 Å². The van der Waals surface area contributed by atoms with Gasteiger partial charge in [0.1, 0.15) is 0 Å². The lowest BCUT2D eigenvalue weighted by Crippen LogP contribution is -2.45. The molecular formula is C14H26N2OS. The van der Waals surface area contributed by atoms with Gasteiger partial charge in [-0.1, -0.05) is 37.9 Å². The summed E-state index contributed by atoms with van der Waals surface area (Å²) < 4.78 is 5.46. The van der Waals surface area contributed by atoms with E-state index >= 15 is 0 Å². The molecule has 1 N–H and O–H groups in total. The first-order valence-corrected chi connectivity index (χ1v) is 8.36. The highest BCUT2D eigenvalue weighted by Gasteiger charge is 2.37. The molecule has 1 aliphatic heterocycles. The van der Waals surface area contributed by atoms with E-state index < -0.39 is 0 Å². The molecule has 1 saturated heterocycles. The Balaban J connectivity index is 1.65.